The summed E-state index contributed by atoms with van der Waals surface area (Å²) in [4.78, 5) is 23.9. The number of carbonyl (C=O) groups excluding carboxylic acids is 1. The molecule has 1 atom stereocenters. The molecule has 8 heteroatoms. The Morgan fingerprint density at radius 3 is 2.61 bits per heavy atom. The van der Waals surface area contributed by atoms with Gasteiger partial charge >= 0.3 is 0 Å². The highest BCUT2D eigenvalue weighted by molar-refractivity contribution is 8.00. The van der Waals surface area contributed by atoms with Crippen LogP contribution in [0.4, 0.5) is 5.69 Å². The van der Waals surface area contributed by atoms with Gasteiger partial charge in [0.05, 0.1) is 5.25 Å². The third kappa shape index (κ3) is 4.10. The Morgan fingerprint density at radius 2 is 2.00 bits per heavy atom. The fourth-order valence-electron chi connectivity index (χ4n) is 1.83. The Bertz CT molecular complexity index is 757. The molecule has 1 heterocycles. The molecule has 1 amide bonds. The summed E-state index contributed by atoms with van der Waals surface area (Å²) in [6.45, 7) is 5.32. The van der Waals surface area contributed by atoms with Crippen molar-refractivity contribution in [1.82, 2.24) is 14.9 Å². The number of benzene rings is 1. The van der Waals surface area contributed by atoms with E-state index in [4.69, 9.17) is 5.84 Å². The lowest BCUT2D eigenvalue weighted by atomic mass is 10.1. The topological polar surface area (TPSA) is 103 Å². The van der Waals surface area contributed by atoms with E-state index in [1.807, 2.05) is 24.3 Å². The summed E-state index contributed by atoms with van der Waals surface area (Å²) >= 11 is 1.08. The minimum Gasteiger partial charge on any atom is -0.334 e. The third-order valence-electron chi connectivity index (χ3n) is 3.30. The summed E-state index contributed by atoms with van der Waals surface area (Å²) < 4.78 is 0.910. The summed E-state index contributed by atoms with van der Waals surface area (Å²) in [5.41, 5.74) is 1.71. The number of hydrogen-bond acceptors (Lipinski definition) is 6. The lowest BCUT2D eigenvalue weighted by Crippen LogP contribution is -2.33. The number of anilines is 1. The Hall–Kier alpha value is -2.35. The van der Waals surface area contributed by atoms with Crippen molar-refractivity contribution in [3.63, 3.8) is 0 Å². The van der Waals surface area contributed by atoms with Crippen LogP contribution in [-0.4, -0.2) is 26.0 Å². The normalized spacial score (nSPS) is 12.0. The number of thioether (sulfide) groups is 1. The summed E-state index contributed by atoms with van der Waals surface area (Å²) in [7, 11) is 0. The number of aryl methyl sites for hydroxylation is 2. The fourth-order valence-corrected chi connectivity index (χ4v) is 2.60. The first-order valence-corrected chi connectivity index (χ1v) is 8.08. The maximum absolute atomic E-state index is 12.2. The smallest absolute Gasteiger partial charge is 0.294 e. The molecule has 0 fully saturated rings. The summed E-state index contributed by atoms with van der Waals surface area (Å²) in [6.07, 6.45) is 0.945. The summed E-state index contributed by atoms with van der Waals surface area (Å²) in [5.74, 6) is 5.47. The first kappa shape index (κ1) is 17.0. The zero-order valence-electron chi connectivity index (χ0n) is 13.2. The average Bonchev–Trinajstić information content (AvgIpc) is 2.56. The van der Waals surface area contributed by atoms with Gasteiger partial charge in [0.15, 0.2) is 0 Å². The van der Waals surface area contributed by atoms with Gasteiger partial charge in [-0.3, -0.25) is 9.59 Å². The van der Waals surface area contributed by atoms with Crippen LogP contribution in [0.5, 0.6) is 0 Å². The van der Waals surface area contributed by atoms with Crippen LogP contribution in [0.1, 0.15) is 25.1 Å². The molecule has 122 valence electrons. The standard InChI is InChI=1S/C15H19N5O2S/c1-4-11-5-7-12(8-6-11)17-13(21)10(3)23-15-19-18-9(2)14(22)20(15)16/h5-8,10H,4,16H2,1-3H3,(H,17,21)/t10-/m0/s1. The number of amides is 1. The van der Waals surface area contributed by atoms with E-state index < -0.39 is 10.8 Å². The van der Waals surface area contributed by atoms with Gasteiger partial charge in [-0.15, -0.1) is 10.2 Å². The van der Waals surface area contributed by atoms with Crippen molar-refractivity contribution in [3.8, 4) is 0 Å². The van der Waals surface area contributed by atoms with Gasteiger partial charge in [-0.1, -0.05) is 30.8 Å². The molecule has 0 aliphatic heterocycles. The largest absolute Gasteiger partial charge is 0.334 e. The minimum atomic E-state index is -0.480. The lowest BCUT2D eigenvalue weighted by Gasteiger charge is -2.13. The number of carbonyl (C=O) groups is 1. The highest BCUT2D eigenvalue weighted by atomic mass is 32.2. The molecule has 7 nitrogen and oxygen atoms in total. The van der Waals surface area contributed by atoms with Crippen molar-refractivity contribution in [1.29, 1.82) is 0 Å². The molecular weight excluding hydrogens is 314 g/mol. The lowest BCUT2D eigenvalue weighted by molar-refractivity contribution is -0.115. The van der Waals surface area contributed by atoms with Crippen LogP contribution in [0.3, 0.4) is 0 Å². The molecule has 1 aromatic carbocycles. The van der Waals surface area contributed by atoms with Crippen molar-refractivity contribution >= 4 is 23.4 Å². The maximum atomic E-state index is 12.2. The molecule has 0 saturated carbocycles. The quantitative estimate of drug-likeness (QED) is 0.632. The van der Waals surface area contributed by atoms with Crippen molar-refractivity contribution in [2.24, 2.45) is 0 Å². The van der Waals surface area contributed by atoms with E-state index >= 15 is 0 Å². The predicted octanol–water partition coefficient (Wildman–Crippen LogP) is 1.34. The van der Waals surface area contributed by atoms with Gasteiger partial charge in [-0.25, -0.2) is 0 Å². The Morgan fingerprint density at radius 1 is 1.35 bits per heavy atom. The maximum Gasteiger partial charge on any atom is 0.294 e. The van der Waals surface area contributed by atoms with E-state index in [9.17, 15) is 9.59 Å². The van der Waals surface area contributed by atoms with E-state index in [0.29, 0.717) is 0 Å². The summed E-state index contributed by atoms with van der Waals surface area (Å²) in [6, 6.07) is 7.66. The molecule has 0 aliphatic carbocycles. The zero-order chi connectivity index (χ0) is 17.0. The monoisotopic (exact) mass is 333 g/mol. The van der Waals surface area contributed by atoms with Crippen molar-refractivity contribution in [2.45, 2.75) is 37.6 Å². The molecule has 2 rings (SSSR count). The van der Waals surface area contributed by atoms with E-state index in [2.05, 4.69) is 22.4 Å². The summed E-state index contributed by atoms with van der Waals surface area (Å²) in [5, 5.41) is 10.1. The van der Waals surface area contributed by atoms with Crippen LogP contribution in [0.25, 0.3) is 0 Å². The van der Waals surface area contributed by atoms with Gasteiger partial charge in [0.2, 0.25) is 11.1 Å². The second-order valence-electron chi connectivity index (χ2n) is 5.04. The molecule has 1 aromatic heterocycles. The van der Waals surface area contributed by atoms with E-state index in [1.54, 1.807) is 6.92 Å². The first-order valence-electron chi connectivity index (χ1n) is 7.20. The number of hydrogen-bond donors (Lipinski definition) is 2. The highest BCUT2D eigenvalue weighted by Crippen LogP contribution is 2.20. The highest BCUT2D eigenvalue weighted by Gasteiger charge is 2.18. The molecule has 0 aliphatic rings. The number of nitrogen functional groups attached to an aromatic ring is 1. The van der Waals surface area contributed by atoms with Crippen LogP contribution in [-0.2, 0) is 11.2 Å². The van der Waals surface area contributed by atoms with E-state index in [-0.39, 0.29) is 16.8 Å². The van der Waals surface area contributed by atoms with Gasteiger partial charge in [0, 0.05) is 5.69 Å². The second kappa shape index (κ2) is 7.28. The van der Waals surface area contributed by atoms with Gasteiger partial charge in [0.25, 0.3) is 5.56 Å². The molecule has 0 bridgehead atoms. The molecule has 0 spiro atoms. The predicted molar refractivity (Wildman–Crippen MR) is 90.9 cm³/mol. The van der Waals surface area contributed by atoms with Gasteiger partial charge < -0.3 is 11.2 Å². The van der Waals surface area contributed by atoms with Crippen LogP contribution >= 0.6 is 11.8 Å². The molecule has 23 heavy (non-hydrogen) atoms. The number of nitrogens with one attached hydrogen (secondary N) is 1. The first-order chi connectivity index (χ1) is 10.9. The molecule has 2 aromatic rings. The van der Waals surface area contributed by atoms with E-state index in [1.165, 1.54) is 12.5 Å². The van der Waals surface area contributed by atoms with Gasteiger partial charge in [-0.05, 0) is 38.0 Å². The van der Waals surface area contributed by atoms with Gasteiger partial charge in [-0.2, -0.15) is 4.68 Å². The number of rotatable bonds is 5. The Balaban J connectivity index is 2.05. The number of nitrogens with zero attached hydrogens (tertiary/aromatic N) is 3. The molecule has 0 unspecified atom stereocenters. The SMILES string of the molecule is CCc1ccc(NC(=O)[C@H](C)Sc2nnc(C)c(=O)n2N)cc1. The molecule has 3 N–H and O–H groups in total. The number of nitrogens with two attached hydrogens (primary N) is 1. The minimum absolute atomic E-state index is 0.199. The van der Waals surface area contributed by atoms with Gasteiger partial charge in [0.1, 0.15) is 5.69 Å². The number of aromatic nitrogens is 3. The Kier molecular flexibility index (Phi) is 5.38. The molecular formula is C15H19N5O2S. The van der Waals surface area contributed by atoms with Crippen molar-refractivity contribution in [2.75, 3.05) is 11.2 Å². The van der Waals surface area contributed by atoms with Crippen molar-refractivity contribution in [3.05, 3.63) is 45.9 Å². The third-order valence-corrected chi connectivity index (χ3v) is 4.36. The van der Waals surface area contributed by atoms with Crippen molar-refractivity contribution < 1.29 is 4.79 Å². The fraction of sp³-hybridized carbons (Fsp3) is 0.333. The van der Waals surface area contributed by atoms with Crippen LogP contribution < -0.4 is 16.7 Å². The average molecular weight is 333 g/mol. The molecule has 0 saturated heterocycles. The van der Waals surface area contributed by atoms with Crippen LogP contribution in [0, 0.1) is 6.92 Å². The molecule has 0 radical (unpaired) electrons. The van der Waals surface area contributed by atoms with E-state index in [0.717, 1.165) is 28.5 Å². The zero-order valence-corrected chi connectivity index (χ0v) is 14.1. The van der Waals surface area contributed by atoms with Crippen LogP contribution in [0.2, 0.25) is 0 Å². The van der Waals surface area contributed by atoms with Crippen LogP contribution in [0.15, 0.2) is 34.2 Å². The second-order valence-corrected chi connectivity index (χ2v) is 6.35. The Labute approximate surface area is 138 Å².